The largest absolute Gasteiger partial charge is 0.481 e. The zero-order valence-corrected chi connectivity index (χ0v) is 12.1. The minimum atomic E-state index is -0.950. The molecule has 0 spiro atoms. The number of aryl methyl sites for hydroxylation is 1. The SMILES string of the molecule is Cc1cccc(-c2nnc(N3CC(C(=O)O)CC3=O)s2)c1. The van der Waals surface area contributed by atoms with Gasteiger partial charge >= 0.3 is 5.97 Å². The van der Waals surface area contributed by atoms with Crippen molar-refractivity contribution in [3.63, 3.8) is 0 Å². The molecule has 21 heavy (non-hydrogen) atoms. The summed E-state index contributed by atoms with van der Waals surface area (Å²) in [6, 6.07) is 7.86. The first kappa shape index (κ1) is 13.7. The zero-order chi connectivity index (χ0) is 15.0. The van der Waals surface area contributed by atoms with Crippen molar-refractivity contribution in [1.82, 2.24) is 10.2 Å². The first-order chi connectivity index (χ1) is 10.0. The van der Waals surface area contributed by atoms with Crippen LogP contribution in [0, 0.1) is 12.8 Å². The summed E-state index contributed by atoms with van der Waals surface area (Å²) in [7, 11) is 0. The van der Waals surface area contributed by atoms with Crippen LogP contribution < -0.4 is 4.90 Å². The van der Waals surface area contributed by atoms with Gasteiger partial charge in [-0.2, -0.15) is 0 Å². The van der Waals surface area contributed by atoms with Gasteiger partial charge in [0, 0.05) is 18.5 Å². The van der Waals surface area contributed by atoms with E-state index in [1.54, 1.807) is 0 Å². The summed E-state index contributed by atoms with van der Waals surface area (Å²) in [5, 5.41) is 18.3. The molecule has 1 unspecified atom stereocenters. The molecule has 1 aliphatic rings. The third-order valence-corrected chi connectivity index (χ3v) is 4.38. The molecule has 2 aromatic rings. The van der Waals surface area contributed by atoms with Gasteiger partial charge in [0.15, 0.2) is 0 Å². The third kappa shape index (κ3) is 2.64. The van der Waals surface area contributed by atoms with Crippen molar-refractivity contribution >= 4 is 28.3 Å². The fourth-order valence-corrected chi connectivity index (χ4v) is 3.14. The summed E-state index contributed by atoms with van der Waals surface area (Å²) in [6.45, 7) is 2.16. The van der Waals surface area contributed by atoms with Crippen LogP contribution in [0.2, 0.25) is 0 Å². The average molecular weight is 303 g/mol. The molecule has 1 saturated heterocycles. The quantitative estimate of drug-likeness (QED) is 0.937. The molecule has 0 bridgehead atoms. The van der Waals surface area contributed by atoms with Gasteiger partial charge in [0.2, 0.25) is 11.0 Å². The van der Waals surface area contributed by atoms with Crippen LogP contribution in [0.1, 0.15) is 12.0 Å². The highest BCUT2D eigenvalue weighted by molar-refractivity contribution is 7.18. The van der Waals surface area contributed by atoms with Crippen molar-refractivity contribution in [2.75, 3.05) is 11.4 Å². The van der Waals surface area contributed by atoms with E-state index in [0.717, 1.165) is 16.1 Å². The predicted molar refractivity (Wildman–Crippen MR) is 78.2 cm³/mol. The van der Waals surface area contributed by atoms with Crippen LogP contribution in [0.15, 0.2) is 24.3 Å². The van der Waals surface area contributed by atoms with Crippen molar-refractivity contribution < 1.29 is 14.7 Å². The Bertz CT molecular complexity index is 713. The summed E-state index contributed by atoms with van der Waals surface area (Å²) in [6.07, 6.45) is 0.0225. The Labute approximate surface area is 125 Å². The van der Waals surface area contributed by atoms with Gasteiger partial charge in [-0.05, 0) is 13.0 Å². The maximum atomic E-state index is 11.9. The first-order valence-electron chi connectivity index (χ1n) is 6.48. The number of carbonyl (C=O) groups is 2. The number of carbonyl (C=O) groups excluding carboxylic acids is 1. The standard InChI is InChI=1S/C14H13N3O3S/c1-8-3-2-4-9(5-8)12-15-16-14(21-12)17-7-10(13(19)20)6-11(17)18/h2-5,10H,6-7H2,1H3,(H,19,20). The van der Waals surface area contributed by atoms with Gasteiger partial charge in [0.05, 0.1) is 5.92 Å². The molecule has 1 aromatic carbocycles. The summed E-state index contributed by atoms with van der Waals surface area (Å²) < 4.78 is 0. The lowest BCUT2D eigenvalue weighted by Crippen LogP contribution is -2.25. The Balaban J connectivity index is 1.86. The minimum Gasteiger partial charge on any atom is -0.481 e. The zero-order valence-electron chi connectivity index (χ0n) is 11.3. The van der Waals surface area contributed by atoms with Gasteiger partial charge in [-0.3, -0.25) is 14.5 Å². The highest BCUT2D eigenvalue weighted by Gasteiger charge is 2.36. The van der Waals surface area contributed by atoms with Crippen molar-refractivity contribution in [3.8, 4) is 10.6 Å². The van der Waals surface area contributed by atoms with Gasteiger partial charge in [0.1, 0.15) is 5.01 Å². The lowest BCUT2D eigenvalue weighted by molar-refractivity contribution is -0.141. The maximum Gasteiger partial charge on any atom is 0.308 e. The first-order valence-corrected chi connectivity index (χ1v) is 7.30. The summed E-state index contributed by atoms with van der Waals surface area (Å²) >= 11 is 1.30. The minimum absolute atomic E-state index is 0.0225. The lowest BCUT2D eigenvalue weighted by Gasteiger charge is -2.10. The number of carboxylic acids is 1. The number of nitrogens with zero attached hydrogens (tertiary/aromatic N) is 3. The molecule has 6 nitrogen and oxygen atoms in total. The Morgan fingerprint density at radius 3 is 2.90 bits per heavy atom. The van der Waals surface area contributed by atoms with Crippen LogP contribution in [0.5, 0.6) is 0 Å². The molecule has 1 aliphatic heterocycles. The van der Waals surface area contributed by atoms with Crippen molar-refractivity contribution in [2.45, 2.75) is 13.3 Å². The number of hydrogen-bond acceptors (Lipinski definition) is 5. The van der Waals surface area contributed by atoms with Gasteiger partial charge < -0.3 is 5.11 Å². The fraction of sp³-hybridized carbons (Fsp3) is 0.286. The number of amides is 1. The molecule has 1 atom stereocenters. The van der Waals surface area contributed by atoms with Crippen LogP contribution in [-0.2, 0) is 9.59 Å². The number of rotatable bonds is 3. The Kier molecular flexibility index (Phi) is 3.42. The second kappa shape index (κ2) is 5.25. The molecule has 3 rings (SSSR count). The van der Waals surface area contributed by atoms with Crippen molar-refractivity contribution in [3.05, 3.63) is 29.8 Å². The monoisotopic (exact) mass is 303 g/mol. The van der Waals surface area contributed by atoms with Gasteiger partial charge in [-0.25, -0.2) is 0 Å². The van der Waals surface area contributed by atoms with E-state index in [2.05, 4.69) is 10.2 Å². The second-order valence-corrected chi connectivity index (χ2v) is 5.96. The molecule has 7 heteroatoms. The molecule has 1 aromatic heterocycles. The van der Waals surface area contributed by atoms with Gasteiger partial charge in [0.25, 0.3) is 0 Å². The number of aromatic nitrogens is 2. The van der Waals surface area contributed by atoms with E-state index >= 15 is 0 Å². The molecule has 1 amide bonds. The normalized spacial score (nSPS) is 18.2. The molecule has 0 radical (unpaired) electrons. The number of hydrogen-bond donors (Lipinski definition) is 1. The number of aliphatic carboxylic acids is 1. The van der Waals surface area contributed by atoms with Crippen molar-refractivity contribution in [1.29, 1.82) is 0 Å². The smallest absolute Gasteiger partial charge is 0.308 e. The molecular formula is C14H13N3O3S. The molecule has 0 aliphatic carbocycles. The Hall–Kier alpha value is -2.28. The third-order valence-electron chi connectivity index (χ3n) is 3.38. The number of benzene rings is 1. The van der Waals surface area contributed by atoms with E-state index in [1.807, 2.05) is 31.2 Å². The van der Waals surface area contributed by atoms with Crippen LogP contribution in [0.25, 0.3) is 10.6 Å². The van der Waals surface area contributed by atoms with Crippen LogP contribution in [0.4, 0.5) is 5.13 Å². The molecular weight excluding hydrogens is 290 g/mol. The number of anilines is 1. The van der Waals surface area contributed by atoms with Crippen LogP contribution >= 0.6 is 11.3 Å². The summed E-state index contributed by atoms with van der Waals surface area (Å²) in [5.74, 6) is -1.83. The van der Waals surface area contributed by atoms with E-state index in [4.69, 9.17) is 5.11 Å². The van der Waals surface area contributed by atoms with Crippen LogP contribution in [-0.4, -0.2) is 33.7 Å². The van der Waals surface area contributed by atoms with E-state index in [9.17, 15) is 9.59 Å². The highest BCUT2D eigenvalue weighted by Crippen LogP contribution is 2.32. The number of carboxylic acid groups (broad SMARTS) is 1. The molecule has 0 saturated carbocycles. The Morgan fingerprint density at radius 1 is 1.43 bits per heavy atom. The topological polar surface area (TPSA) is 83.4 Å². The van der Waals surface area contributed by atoms with E-state index in [0.29, 0.717) is 5.13 Å². The molecule has 108 valence electrons. The van der Waals surface area contributed by atoms with Crippen molar-refractivity contribution in [2.24, 2.45) is 5.92 Å². The molecule has 2 heterocycles. The van der Waals surface area contributed by atoms with E-state index < -0.39 is 11.9 Å². The maximum absolute atomic E-state index is 11.9. The summed E-state index contributed by atoms with van der Waals surface area (Å²) in [4.78, 5) is 24.3. The van der Waals surface area contributed by atoms with Crippen LogP contribution in [0.3, 0.4) is 0 Å². The lowest BCUT2D eigenvalue weighted by atomic mass is 10.1. The predicted octanol–water partition coefficient (Wildman–Crippen LogP) is 1.95. The highest BCUT2D eigenvalue weighted by atomic mass is 32.1. The molecule has 1 N–H and O–H groups in total. The van der Waals surface area contributed by atoms with Gasteiger partial charge in [-0.15, -0.1) is 10.2 Å². The summed E-state index contributed by atoms with van der Waals surface area (Å²) in [5.41, 5.74) is 2.06. The average Bonchev–Trinajstić information content (AvgIpc) is 3.05. The fourth-order valence-electron chi connectivity index (χ4n) is 2.28. The molecule has 1 fully saturated rings. The Morgan fingerprint density at radius 2 is 2.24 bits per heavy atom. The second-order valence-electron chi connectivity index (χ2n) is 5.00. The van der Waals surface area contributed by atoms with E-state index in [1.165, 1.54) is 16.2 Å². The van der Waals surface area contributed by atoms with Gasteiger partial charge in [-0.1, -0.05) is 35.1 Å². The van der Waals surface area contributed by atoms with E-state index in [-0.39, 0.29) is 18.9 Å².